The van der Waals surface area contributed by atoms with Crippen molar-refractivity contribution in [3.05, 3.63) is 170 Å². The summed E-state index contributed by atoms with van der Waals surface area (Å²) in [6.45, 7) is 0. The minimum Gasteiger partial charge on any atom is -0.456 e. The molecule has 0 unspecified atom stereocenters. The Morgan fingerprint density at radius 1 is 0.462 bits per heavy atom. The molecule has 0 amide bonds. The van der Waals surface area contributed by atoms with Crippen molar-refractivity contribution < 1.29 is 8.83 Å². The Hall–Kier alpha value is -6.69. The Labute approximate surface area is 302 Å². The minimum atomic E-state index is 0.818. The minimum absolute atomic E-state index is 0.818. The van der Waals surface area contributed by atoms with E-state index in [1.807, 2.05) is 18.2 Å². The van der Waals surface area contributed by atoms with Gasteiger partial charge in [-0.15, -0.1) is 11.3 Å². The van der Waals surface area contributed by atoms with Crippen molar-refractivity contribution in [2.24, 2.45) is 0 Å². The van der Waals surface area contributed by atoms with E-state index in [4.69, 9.17) is 13.8 Å². The quantitative estimate of drug-likeness (QED) is 0.181. The third-order valence-corrected chi connectivity index (χ3v) is 11.2. The topological polar surface area (TPSA) is 42.4 Å². The van der Waals surface area contributed by atoms with Crippen molar-refractivity contribution in [3.8, 4) is 21.7 Å². The summed E-state index contributed by atoms with van der Waals surface area (Å²) in [7, 11) is 0. The molecule has 0 bridgehead atoms. The maximum absolute atomic E-state index is 6.81. The Kier molecular flexibility index (Phi) is 6.39. The number of benzene rings is 8. The van der Waals surface area contributed by atoms with Crippen LogP contribution in [0.5, 0.6) is 0 Å². The van der Waals surface area contributed by atoms with Crippen molar-refractivity contribution >= 4 is 93.3 Å². The molecule has 8 aromatic carbocycles. The van der Waals surface area contributed by atoms with Crippen molar-refractivity contribution in [1.82, 2.24) is 4.98 Å². The van der Waals surface area contributed by atoms with Gasteiger partial charge in [0.1, 0.15) is 21.8 Å². The second-order valence-corrected chi connectivity index (χ2v) is 14.2. The first-order valence-electron chi connectivity index (χ1n) is 17.4. The lowest BCUT2D eigenvalue weighted by atomic mass is 9.98. The van der Waals surface area contributed by atoms with Crippen molar-refractivity contribution in [3.63, 3.8) is 0 Å². The molecule has 0 spiro atoms. The van der Waals surface area contributed by atoms with Gasteiger partial charge in [0, 0.05) is 44.9 Å². The van der Waals surface area contributed by atoms with Crippen LogP contribution >= 0.6 is 11.3 Å². The van der Waals surface area contributed by atoms with Crippen LogP contribution in [-0.2, 0) is 0 Å². The zero-order valence-electron chi connectivity index (χ0n) is 27.8. The molecule has 3 aromatic heterocycles. The summed E-state index contributed by atoms with van der Waals surface area (Å²) in [4.78, 5) is 7.27. The molecular formula is C47H28N2O2S. The van der Waals surface area contributed by atoms with Crippen LogP contribution in [0.3, 0.4) is 0 Å². The molecular weight excluding hydrogens is 657 g/mol. The standard InChI is InChI=1S/C47H28N2O2S/c1-2-11-31(12-3-1)47-48-40-28-44-39(27-45(40)52-47)38-17-9-18-41(46(38)51-44)49(33-24-25-37-36-15-6-7-19-42(36)50-43(37)26-33)32-22-20-30(21-23-32)35-16-8-13-29-10-4-5-14-34(29)35/h1-28H. The highest BCUT2D eigenvalue weighted by Gasteiger charge is 2.22. The molecule has 0 N–H and O–H groups in total. The molecule has 0 radical (unpaired) electrons. The molecule has 0 aliphatic carbocycles. The maximum atomic E-state index is 6.81. The van der Waals surface area contributed by atoms with Crippen LogP contribution in [0.1, 0.15) is 0 Å². The molecule has 244 valence electrons. The fourth-order valence-corrected chi connectivity index (χ4v) is 8.62. The molecule has 0 fully saturated rings. The van der Waals surface area contributed by atoms with Gasteiger partial charge >= 0.3 is 0 Å². The molecule has 0 aliphatic heterocycles. The summed E-state index contributed by atoms with van der Waals surface area (Å²) in [6.07, 6.45) is 0. The van der Waals surface area contributed by atoms with E-state index < -0.39 is 0 Å². The maximum Gasteiger partial charge on any atom is 0.159 e. The van der Waals surface area contributed by atoms with Gasteiger partial charge in [0.2, 0.25) is 0 Å². The SMILES string of the molecule is c1ccc(-c2nc3cc4oc5c(N(c6ccc(-c7cccc8ccccc78)cc6)c6ccc7c(c6)oc6ccccc67)cccc5c4cc3s2)cc1. The van der Waals surface area contributed by atoms with Gasteiger partial charge < -0.3 is 13.7 Å². The number of thiazole rings is 1. The van der Waals surface area contributed by atoms with E-state index in [1.165, 1.54) is 16.3 Å². The van der Waals surface area contributed by atoms with Crippen LogP contribution in [0.2, 0.25) is 0 Å². The molecule has 52 heavy (non-hydrogen) atoms. The number of rotatable bonds is 5. The molecule has 0 atom stereocenters. The number of furan rings is 2. The molecule has 0 saturated carbocycles. The van der Waals surface area contributed by atoms with Crippen LogP contribution in [0.25, 0.3) is 86.6 Å². The molecule has 3 heterocycles. The number of hydrogen-bond donors (Lipinski definition) is 0. The lowest BCUT2D eigenvalue weighted by Crippen LogP contribution is -2.10. The lowest BCUT2D eigenvalue weighted by Gasteiger charge is -2.25. The van der Waals surface area contributed by atoms with E-state index in [2.05, 4.69) is 157 Å². The first-order chi connectivity index (χ1) is 25.7. The van der Waals surface area contributed by atoms with Crippen LogP contribution in [0.4, 0.5) is 17.1 Å². The molecule has 11 rings (SSSR count). The summed E-state index contributed by atoms with van der Waals surface area (Å²) < 4.78 is 14.3. The van der Waals surface area contributed by atoms with Gasteiger partial charge in [0.05, 0.1) is 21.6 Å². The van der Waals surface area contributed by atoms with Gasteiger partial charge in [-0.1, -0.05) is 115 Å². The van der Waals surface area contributed by atoms with Gasteiger partial charge in [-0.2, -0.15) is 0 Å². The third kappa shape index (κ3) is 4.57. The van der Waals surface area contributed by atoms with E-state index in [1.54, 1.807) is 11.3 Å². The number of anilines is 3. The van der Waals surface area contributed by atoms with Crippen molar-refractivity contribution in [1.29, 1.82) is 0 Å². The largest absolute Gasteiger partial charge is 0.456 e. The fraction of sp³-hybridized carbons (Fsp3) is 0. The van der Waals surface area contributed by atoms with Gasteiger partial charge in [0.25, 0.3) is 0 Å². The number of aromatic nitrogens is 1. The number of nitrogens with zero attached hydrogens (tertiary/aromatic N) is 2. The van der Waals surface area contributed by atoms with Crippen LogP contribution in [0, 0.1) is 0 Å². The monoisotopic (exact) mass is 684 g/mol. The molecule has 5 heteroatoms. The molecule has 0 saturated heterocycles. The number of para-hydroxylation sites is 2. The third-order valence-electron chi connectivity index (χ3n) is 10.1. The Balaban J connectivity index is 1.09. The highest BCUT2D eigenvalue weighted by molar-refractivity contribution is 7.21. The average molecular weight is 685 g/mol. The average Bonchev–Trinajstić information content (AvgIpc) is 3.90. The lowest BCUT2D eigenvalue weighted by molar-refractivity contribution is 0.667. The zero-order valence-corrected chi connectivity index (χ0v) is 28.6. The predicted molar refractivity (Wildman–Crippen MR) is 217 cm³/mol. The van der Waals surface area contributed by atoms with E-state index in [9.17, 15) is 0 Å². The van der Waals surface area contributed by atoms with Crippen LogP contribution in [-0.4, -0.2) is 4.98 Å². The highest BCUT2D eigenvalue weighted by Crippen LogP contribution is 2.45. The van der Waals surface area contributed by atoms with Gasteiger partial charge in [-0.05, 0) is 64.4 Å². The van der Waals surface area contributed by atoms with Gasteiger partial charge in [-0.25, -0.2) is 4.98 Å². The van der Waals surface area contributed by atoms with E-state index >= 15 is 0 Å². The summed E-state index contributed by atoms with van der Waals surface area (Å²) >= 11 is 1.71. The van der Waals surface area contributed by atoms with Gasteiger partial charge in [-0.3, -0.25) is 0 Å². The first-order valence-corrected chi connectivity index (χ1v) is 18.2. The highest BCUT2D eigenvalue weighted by atomic mass is 32.1. The van der Waals surface area contributed by atoms with Crippen molar-refractivity contribution in [2.75, 3.05) is 4.90 Å². The number of hydrogen-bond acceptors (Lipinski definition) is 5. The molecule has 11 aromatic rings. The zero-order chi connectivity index (χ0) is 34.2. The summed E-state index contributed by atoms with van der Waals surface area (Å²) in [5.74, 6) is 0. The normalized spacial score (nSPS) is 11.8. The fourth-order valence-electron chi connectivity index (χ4n) is 7.63. The summed E-state index contributed by atoms with van der Waals surface area (Å²) in [6, 6.07) is 59.6. The smallest absolute Gasteiger partial charge is 0.159 e. The Bertz CT molecular complexity index is 3130. The predicted octanol–water partition coefficient (Wildman–Crippen LogP) is 14.1. The van der Waals surface area contributed by atoms with Crippen LogP contribution < -0.4 is 4.90 Å². The molecule has 0 aliphatic rings. The second-order valence-electron chi connectivity index (χ2n) is 13.1. The second kappa shape index (κ2) is 11.4. The Morgan fingerprint density at radius 2 is 1.17 bits per heavy atom. The van der Waals surface area contributed by atoms with E-state index in [-0.39, 0.29) is 0 Å². The first kappa shape index (κ1) is 29.1. The summed E-state index contributed by atoms with van der Waals surface area (Å²) in [5.41, 5.74) is 10.7. The molecule has 4 nitrogen and oxygen atoms in total. The number of fused-ring (bicyclic) bond motifs is 8. The van der Waals surface area contributed by atoms with Gasteiger partial charge in [0.15, 0.2) is 5.58 Å². The van der Waals surface area contributed by atoms with E-state index in [0.717, 1.165) is 87.3 Å². The van der Waals surface area contributed by atoms with E-state index in [0.29, 0.717) is 0 Å². The van der Waals surface area contributed by atoms with Crippen LogP contribution in [0.15, 0.2) is 179 Å². The Morgan fingerprint density at radius 3 is 2.08 bits per heavy atom. The summed E-state index contributed by atoms with van der Waals surface area (Å²) in [5, 5.41) is 7.81. The van der Waals surface area contributed by atoms with Crippen molar-refractivity contribution in [2.45, 2.75) is 0 Å².